The number of hydrogen-bond acceptors (Lipinski definition) is 2. The molecule has 0 aromatic rings. The lowest BCUT2D eigenvalue weighted by Gasteiger charge is -1.80. The number of carbonyl (C=O) groups is 1. The normalized spacial score (nSPS) is 5.78. The van der Waals surface area contributed by atoms with Crippen LogP contribution < -0.4 is 29.0 Å². The van der Waals surface area contributed by atoms with Gasteiger partial charge in [0.05, 0.1) is 14.1 Å². The zero-order valence-electron chi connectivity index (χ0n) is 5.94. The van der Waals surface area contributed by atoms with Gasteiger partial charge in [0.25, 0.3) is 0 Å². The van der Waals surface area contributed by atoms with Gasteiger partial charge in [-0.05, 0) is 0 Å². The highest BCUT2D eigenvalue weighted by molar-refractivity contribution is 5.71. The Morgan fingerprint density at radius 3 is 1.67 bits per heavy atom. The van der Waals surface area contributed by atoms with Gasteiger partial charge in [0.15, 0.2) is 0 Å². The molecule has 5 N–H and O–H groups in total. The summed E-state index contributed by atoms with van der Waals surface area (Å²) >= 11 is 0. The predicted molar refractivity (Wildman–Crippen MR) is 31.8 cm³/mol. The molecule has 0 atom stereocenters. The Morgan fingerprint density at radius 1 is 1.56 bits per heavy atom. The molecule has 0 bridgehead atoms. The summed E-state index contributed by atoms with van der Waals surface area (Å²) in [5, 5.41) is 2.00. The second kappa shape index (κ2) is 15.6. The van der Waals surface area contributed by atoms with Crippen LogP contribution in [0.3, 0.4) is 0 Å². The SMILES string of the molecule is CC(=O)NN.C[NH2+]C.[Cl-]. The molecule has 5 heteroatoms. The van der Waals surface area contributed by atoms with Crippen LogP contribution in [-0.2, 0) is 4.79 Å². The molecule has 0 aromatic heterocycles. The van der Waals surface area contributed by atoms with Crippen LogP contribution in [0.4, 0.5) is 0 Å². The first kappa shape index (κ1) is 15.9. The quantitative estimate of drug-likeness (QED) is 0.186. The molecular formula is C4H14ClN3O. The highest BCUT2D eigenvalue weighted by atomic mass is 35.5. The van der Waals surface area contributed by atoms with E-state index in [4.69, 9.17) is 0 Å². The van der Waals surface area contributed by atoms with Crippen LogP contribution in [-0.4, -0.2) is 20.0 Å². The van der Waals surface area contributed by atoms with Crippen LogP contribution in [0.5, 0.6) is 0 Å². The van der Waals surface area contributed by atoms with Crippen LogP contribution in [0, 0.1) is 0 Å². The molecule has 0 aliphatic carbocycles. The number of rotatable bonds is 0. The monoisotopic (exact) mass is 155 g/mol. The van der Waals surface area contributed by atoms with Crippen molar-refractivity contribution in [1.82, 2.24) is 5.43 Å². The standard InChI is InChI=1S/C2H6N2O.C2H7N.ClH/c1-2(5)4-3;1-3-2;/h3H2,1H3,(H,4,5);3H,1-2H3;1H. The van der Waals surface area contributed by atoms with Crippen LogP contribution in [0.1, 0.15) is 6.92 Å². The van der Waals surface area contributed by atoms with Crippen LogP contribution in [0.25, 0.3) is 0 Å². The average Bonchev–Trinajstić information content (AvgIpc) is 1.69. The molecule has 9 heavy (non-hydrogen) atoms. The van der Waals surface area contributed by atoms with Gasteiger partial charge in [0.1, 0.15) is 0 Å². The summed E-state index contributed by atoms with van der Waals surface area (Å²) in [5.41, 5.74) is 1.89. The van der Waals surface area contributed by atoms with Crippen molar-refractivity contribution < 1.29 is 22.5 Å². The van der Waals surface area contributed by atoms with Gasteiger partial charge in [-0.2, -0.15) is 0 Å². The first-order chi connectivity index (χ1) is 3.68. The fraction of sp³-hybridized carbons (Fsp3) is 0.750. The Balaban J connectivity index is -0.0000000800. The Morgan fingerprint density at radius 2 is 1.67 bits per heavy atom. The maximum Gasteiger partial charge on any atom is 0.230 e. The first-order valence-electron chi connectivity index (χ1n) is 2.40. The number of nitrogens with one attached hydrogen (secondary N) is 1. The Kier molecular flexibility index (Phi) is 27.6. The van der Waals surface area contributed by atoms with Crippen LogP contribution in [0.2, 0.25) is 0 Å². The van der Waals surface area contributed by atoms with Gasteiger partial charge in [-0.25, -0.2) is 5.84 Å². The molecule has 0 spiro atoms. The number of quaternary nitrogens is 1. The smallest absolute Gasteiger partial charge is 0.230 e. The summed E-state index contributed by atoms with van der Waals surface area (Å²) in [6.45, 7) is 1.35. The van der Waals surface area contributed by atoms with Crippen molar-refractivity contribution in [1.29, 1.82) is 0 Å². The fourth-order valence-corrected chi connectivity index (χ4v) is 0. The van der Waals surface area contributed by atoms with E-state index in [1.165, 1.54) is 6.92 Å². The highest BCUT2D eigenvalue weighted by Crippen LogP contribution is 1.41. The molecule has 0 aliphatic heterocycles. The average molecular weight is 156 g/mol. The zero-order valence-corrected chi connectivity index (χ0v) is 6.70. The van der Waals surface area contributed by atoms with Gasteiger partial charge < -0.3 is 17.7 Å². The third-order valence-electron chi connectivity index (χ3n) is 0.203. The minimum Gasteiger partial charge on any atom is -1.00 e. The lowest BCUT2D eigenvalue weighted by atomic mass is 10.8. The maximum absolute atomic E-state index is 9.58. The largest absolute Gasteiger partial charge is 1.00 e. The Labute approximate surface area is 61.6 Å². The molecule has 0 saturated carbocycles. The molecular weight excluding hydrogens is 142 g/mol. The number of amides is 1. The van der Waals surface area contributed by atoms with Gasteiger partial charge >= 0.3 is 0 Å². The molecule has 0 aliphatic rings. The number of hydrazine groups is 1. The maximum atomic E-state index is 9.58. The van der Waals surface area contributed by atoms with E-state index < -0.39 is 0 Å². The van der Waals surface area contributed by atoms with Crippen LogP contribution in [0.15, 0.2) is 0 Å². The van der Waals surface area contributed by atoms with E-state index in [0.29, 0.717) is 0 Å². The van der Waals surface area contributed by atoms with Crippen molar-refractivity contribution in [2.24, 2.45) is 5.84 Å². The first-order valence-corrected chi connectivity index (χ1v) is 2.40. The van der Waals surface area contributed by atoms with Crippen molar-refractivity contribution in [2.75, 3.05) is 14.1 Å². The van der Waals surface area contributed by atoms with E-state index in [2.05, 4.69) is 5.84 Å². The van der Waals surface area contributed by atoms with Gasteiger partial charge in [-0.1, -0.05) is 0 Å². The summed E-state index contributed by atoms with van der Waals surface area (Å²) in [6, 6.07) is 0. The molecule has 0 heterocycles. The van der Waals surface area contributed by atoms with Crippen molar-refractivity contribution in [3.63, 3.8) is 0 Å². The molecule has 0 radical (unpaired) electrons. The summed E-state index contributed by atoms with van der Waals surface area (Å²) in [4.78, 5) is 9.58. The van der Waals surface area contributed by atoms with Gasteiger partial charge in [0.2, 0.25) is 5.91 Å². The van der Waals surface area contributed by atoms with Crippen molar-refractivity contribution in [2.45, 2.75) is 6.92 Å². The zero-order chi connectivity index (χ0) is 6.99. The topological polar surface area (TPSA) is 71.7 Å². The second-order valence-corrected chi connectivity index (χ2v) is 1.28. The van der Waals surface area contributed by atoms with E-state index >= 15 is 0 Å². The molecule has 0 unspecified atom stereocenters. The lowest BCUT2D eigenvalue weighted by molar-refractivity contribution is -0.597. The Hall–Kier alpha value is -0.320. The molecule has 58 valence electrons. The summed E-state index contributed by atoms with van der Waals surface area (Å²) in [6.07, 6.45) is 0. The predicted octanol–water partition coefficient (Wildman–Crippen LogP) is -5.19. The Bertz CT molecular complexity index is 59.8. The van der Waals surface area contributed by atoms with E-state index in [1.54, 1.807) is 0 Å². The van der Waals surface area contributed by atoms with Crippen molar-refractivity contribution in [3.05, 3.63) is 0 Å². The third kappa shape index (κ3) is 87.8. The van der Waals surface area contributed by atoms with Crippen molar-refractivity contribution >= 4 is 5.91 Å². The molecule has 0 rings (SSSR count). The number of carbonyl (C=O) groups excluding carboxylic acids is 1. The number of hydrogen-bond donors (Lipinski definition) is 3. The van der Waals surface area contributed by atoms with E-state index in [-0.39, 0.29) is 18.3 Å². The van der Waals surface area contributed by atoms with E-state index in [0.717, 1.165) is 0 Å². The summed E-state index contributed by atoms with van der Waals surface area (Å²) in [7, 11) is 4.00. The number of nitrogens with two attached hydrogens (primary N) is 2. The summed E-state index contributed by atoms with van der Waals surface area (Å²) in [5.74, 6) is 4.35. The lowest BCUT2D eigenvalue weighted by Crippen LogP contribution is -3.00. The fourth-order valence-electron chi connectivity index (χ4n) is 0. The number of halogens is 1. The molecule has 0 fully saturated rings. The molecule has 0 saturated heterocycles. The van der Waals surface area contributed by atoms with Gasteiger partial charge in [-0.3, -0.25) is 10.2 Å². The van der Waals surface area contributed by atoms with E-state index in [1.807, 2.05) is 24.8 Å². The minimum absolute atomic E-state index is 0. The second-order valence-electron chi connectivity index (χ2n) is 1.28. The third-order valence-corrected chi connectivity index (χ3v) is 0.203. The summed E-state index contributed by atoms with van der Waals surface area (Å²) < 4.78 is 0. The van der Waals surface area contributed by atoms with E-state index in [9.17, 15) is 4.79 Å². The van der Waals surface area contributed by atoms with Crippen molar-refractivity contribution in [3.8, 4) is 0 Å². The highest BCUT2D eigenvalue weighted by Gasteiger charge is 1.73. The molecule has 1 amide bonds. The van der Waals surface area contributed by atoms with Gasteiger partial charge in [-0.15, -0.1) is 0 Å². The minimum atomic E-state index is -0.218. The van der Waals surface area contributed by atoms with Crippen LogP contribution >= 0.6 is 0 Å². The molecule has 4 nitrogen and oxygen atoms in total. The van der Waals surface area contributed by atoms with Gasteiger partial charge in [0, 0.05) is 6.92 Å². The molecule has 0 aromatic carbocycles.